The Morgan fingerprint density at radius 1 is 1.27 bits per heavy atom. The Labute approximate surface area is 184 Å². The van der Waals surface area contributed by atoms with E-state index in [9.17, 15) is 9.59 Å². The lowest BCUT2D eigenvalue weighted by molar-refractivity contribution is -0.122. The topological polar surface area (TPSA) is 67.2 Å². The van der Waals surface area contributed by atoms with Gasteiger partial charge in [0.15, 0.2) is 0 Å². The number of hydrogen-bond donors (Lipinski definition) is 0. The van der Waals surface area contributed by atoms with Crippen molar-refractivity contribution in [3.63, 3.8) is 0 Å². The van der Waals surface area contributed by atoms with E-state index in [4.69, 9.17) is 21.9 Å². The summed E-state index contributed by atoms with van der Waals surface area (Å²) in [6.45, 7) is 5.40. The maximum absolute atomic E-state index is 13.3. The molecule has 0 spiro atoms. The minimum Gasteiger partial charge on any atom is -0.382 e. The number of carbonyl (C=O) groups is 1. The minimum absolute atomic E-state index is 0.161. The lowest BCUT2D eigenvalue weighted by Crippen LogP contribution is -2.30. The van der Waals surface area contributed by atoms with Crippen molar-refractivity contribution >= 4 is 51.7 Å². The lowest BCUT2D eigenvalue weighted by atomic mass is 10.2. The zero-order valence-corrected chi connectivity index (χ0v) is 18.5. The summed E-state index contributed by atoms with van der Waals surface area (Å²) in [6, 6.07) is 5.48. The van der Waals surface area contributed by atoms with Gasteiger partial charge in [0.05, 0.1) is 10.5 Å². The van der Waals surface area contributed by atoms with E-state index < -0.39 is 0 Å². The highest BCUT2D eigenvalue weighted by Crippen LogP contribution is 2.34. The fourth-order valence-electron chi connectivity index (χ4n) is 3.68. The van der Waals surface area contributed by atoms with E-state index >= 15 is 0 Å². The van der Waals surface area contributed by atoms with Gasteiger partial charge in [-0.05, 0) is 44.4 Å². The zero-order valence-electron chi connectivity index (χ0n) is 16.9. The van der Waals surface area contributed by atoms with Crippen LogP contribution in [0.3, 0.4) is 0 Å². The first-order valence-corrected chi connectivity index (χ1v) is 11.4. The standard InChI is InChI=1S/C21H24N4O3S2/c1-2-28-13-7-12-25-20(27)16(30-21(25)29)14-15-18(23-9-5-6-10-23)22-17-8-3-4-11-24(17)19(15)26/h3-4,8,11,14H,2,5-7,9-10,12-13H2,1H3. The Morgan fingerprint density at radius 3 is 2.83 bits per heavy atom. The molecule has 2 aliphatic heterocycles. The number of carbonyl (C=O) groups excluding carboxylic acids is 1. The summed E-state index contributed by atoms with van der Waals surface area (Å²) in [6.07, 6.45) is 6.22. The van der Waals surface area contributed by atoms with Crippen LogP contribution in [0.5, 0.6) is 0 Å². The first-order valence-electron chi connectivity index (χ1n) is 10.2. The summed E-state index contributed by atoms with van der Waals surface area (Å²) in [4.78, 5) is 35.2. The highest BCUT2D eigenvalue weighted by molar-refractivity contribution is 8.26. The Morgan fingerprint density at radius 2 is 2.07 bits per heavy atom. The minimum atomic E-state index is -0.177. The molecule has 30 heavy (non-hydrogen) atoms. The number of aromatic nitrogens is 2. The highest BCUT2D eigenvalue weighted by atomic mass is 32.2. The fraction of sp³-hybridized carbons (Fsp3) is 0.429. The molecule has 0 unspecified atom stereocenters. The van der Waals surface area contributed by atoms with E-state index in [0.29, 0.717) is 52.4 Å². The molecule has 0 aromatic carbocycles. The van der Waals surface area contributed by atoms with Crippen molar-refractivity contribution in [1.29, 1.82) is 0 Å². The van der Waals surface area contributed by atoms with E-state index in [1.54, 1.807) is 23.2 Å². The molecule has 0 saturated carbocycles. The molecule has 0 aliphatic carbocycles. The van der Waals surface area contributed by atoms with Gasteiger partial charge in [0, 0.05) is 39.0 Å². The second kappa shape index (κ2) is 9.28. The normalized spacial score (nSPS) is 18.4. The van der Waals surface area contributed by atoms with Crippen LogP contribution in [0.1, 0.15) is 31.7 Å². The van der Waals surface area contributed by atoms with E-state index in [-0.39, 0.29) is 11.5 Å². The molecular weight excluding hydrogens is 420 g/mol. The molecule has 0 N–H and O–H groups in total. The van der Waals surface area contributed by atoms with Crippen molar-refractivity contribution in [1.82, 2.24) is 14.3 Å². The van der Waals surface area contributed by atoms with Crippen LogP contribution in [0.4, 0.5) is 5.82 Å². The number of thioether (sulfide) groups is 1. The number of nitrogens with zero attached hydrogens (tertiary/aromatic N) is 4. The number of fused-ring (bicyclic) bond motifs is 1. The first-order chi connectivity index (χ1) is 14.6. The molecule has 2 aliphatic rings. The van der Waals surface area contributed by atoms with E-state index in [2.05, 4.69) is 4.90 Å². The maximum atomic E-state index is 13.3. The number of ether oxygens (including phenoxy) is 1. The average Bonchev–Trinajstić information content (AvgIpc) is 3.37. The molecule has 2 fully saturated rings. The fourth-order valence-corrected chi connectivity index (χ4v) is 4.97. The first kappa shape index (κ1) is 21.0. The van der Waals surface area contributed by atoms with E-state index in [0.717, 1.165) is 25.9 Å². The molecule has 158 valence electrons. The lowest BCUT2D eigenvalue weighted by Gasteiger charge is -2.19. The van der Waals surface area contributed by atoms with E-state index in [1.807, 2.05) is 19.1 Å². The number of thiocarbonyl (C=S) groups is 1. The summed E-state index contributed by atoms with van der Waals surface area (Å²) < 4.78 is 7.39. The van der Waals surface area contributed by atoms with Crippen molar-refractivity contribution in [2.24, 2.45) is 0 Å². The van der Waals surface area contributed by atoms with Crippen LogP contribution in [0.2, 0.25) is 0 Å². The molecule has 0 atom stereocenters. The smallest absolute Gasteiger partial charge is 0.267 e. The summed E-state index contributed by atoms with van der Waals surface area (Å²) in [5, 5.41) is 0. The molecular formula is C21H24N4O3S2. The monoisotopic (exact) mass is 444 g/mol. The van der Waals surface area contributed by atoms with Crippen molar-refractivity contribution in [2.45, 2.75) is 26.2 Å². The molecule has 2 saturated heterocycles. The van der Waals surface area contributed by atoms with Gasteiger partial charge in [-0.15, -0.1) is 0 Å². The van der Waals surface area contributed by atoms with Crippen LogP contribution in [0.15, 0.2) is 34.1 Å². The van der Waals surface area contributed by atoms with Crippen LogP contribution in [-0.2, 0) is 9.53 Å². The number of hydrogen-bond acceptors (Lipinski definition) is 7. The Balaban J connectivity index is 1.70. The molecule has 2 aromatic rings. The summed E-state index contributed by atoms with van der Waals surface area (Å²) in [5.41, 5.74) is 0.865. The van der Waals surface area contributed by atoms with Gasteiger partial charge < -0.3 is 9.64 Å². The van der Waals surface area contributed by atoms with E-state index in [1.165, 1.54) is 16.2 Å². The van der Waals surface area contributed by atoms with Crippen LogP contribution in [0, 0.1) is 0 Å². The second-order valence-electron chi connectivity index (χ2n) is 7.16. The van der Waals surface area contributed by atoms with Gasteiger partial charge in [0.25, 0.3) is 11.5 Å². The Bertz CT molecular complexity index is 1060. The summed E-state index contributed by atoms with van der Waals surface area (Å²) in [5.74, 6) is 0.483. The molecule has 0 bridgehead atoms. The van der Waals surface area contributed by atoms with Gasteiger partial charge in [-0.3, -0.25) is 18.9 Å². The van der Waals surface area contributed by atoms with Crippen LogP contribution in [0.25, 0.3) is 11.7 Å². The quantitative estimate of drug-likeness (QED) is 0.370. The zero-order chi connectivity index (χ0) is 21.1. The van der Waals surface area contributed by atoms with Gasteiger partial charge >= 0.3 is 0 Å². The maximum Gasteiger partial charge on any atom is 0.267 e. The van der Waals surface area contributed by atoms with Crippen molar-refractivity contribution in [3.8, 4) is 0 Å². The highest BCUT2D eigenvalue weighted by Gasteiger charge is 2.32. The number of amides is 1. The molecule has 0 radical (unpaired) electrons. The largest absolute Gasteiger partial charge is 0.382 e. The number of rotatable bonds is 7. The Hall–Kier alpha value is -2.23. The molecule has 9 heteroatoms. The van der Waals surface area contributed by atoms with Gasteiger partial charge in [0.2, 0.25) is 0 Å². The van der Waals surface area contributed by atoms with Crippen LogP contribution in [-0.4, -0.2) is 57.4 Å². The average molecular weight is 445 g/mol. The number of pyridine rings is 1. The predicted molar refractivity (Wildman–Crippen MR) is 124 cm³/mol. The van der Waals surface area contributed by atoms with Crippen LogP contribution >= 0.6 is 24.0 Å². The van der Waals surface area contributed by atoms with Crippen molar-refractivity contribution in [3.05, 3.63) is 45.2 Å². The second-order valence-corrected chi connectivity index (χ2v) is 8.84. The Kier molecular flexibility index (Phi) is 6.50. The van der Waals surface area contributed by atoms with Gasteiger partial charge in [-0.2, -0.15) is 0 Å². The van der Waals surface area contributed by atoms with Gasteiger partial charge in [0.1, 0.15) is 15.8 Å². The van der Waals surface area contributed by atoms with Crippen LogP contribution < -0.4 is 10.5 Å². The molecule has 1 amide bonds. The molecule has 7 nitrogen and oxygen atoms in total. The van der Waals surface area contributed by atoms with Crippen molar-refractivity contribution in [2.75, 3.05) is 37.7 Å². The van der Waals surface area contributed by atoms with Crippen molar-refractivity contribution < 1.29 is 9.53 Å². The SMILES string of the molecule is CCOCCCN1C(=O)C(=Cc2c(N3CCCC3)nc3ccccn3c2=O)SC1=S. The number of anilines is 1. The third kappa shape index (κ3) is 4.14. The summed E-state index contributed by atoms with van der Waals surface area (Å²) >= 11 is 6.66. The van der Waals surface area contributed by atoms with Gasteiger partial charge in [-0.25, -0.2) is 4.98 Å². The molecule has 4 rings (SSSR count). The molecule has 4 heterocycles. The third-order valence-corrected chi connectivity index (χ3v) is 6.56. The summed E-state index contributed by atoms with van der Waals surface area (Å²) in [7, 11) is 0. The predicted octanol–water partition coefficient (Wildman–Crippen LogP) is 2.92. The molecule has 2 aromatic heterocycles. The third-order valence-electron chi connectivity index (χ3n) is 5.18. The van der Waals surface area contributed by atoms with Gasteiger partial charge in [-0.1, -0.05) is 30.0 Å².